The Morgan fingerprint density at radius 2 is 1.64 bits per heavy atom. The summed E-state index contributed by atoms with van der Waals surface area (Å²) in [6, 6.07) is 15.4. The number of para-hydroxylation sites is 2. The van der Waals surface area contributed by atoms with Crippen molar-refractivity contribution in [3.8, 4) is 5.75 Å². The highest BCUT2D eigenvalue weighted by Gasteiger charge is 2.15. The molecule has 0 aliphatic heterocycles. The summed E-state index contributed by atoms with van der Waals surface area (Å²) in [5.74, 6) is 0.761. The number of hydrogen-bond donors (Lipinski definition) is 2. The number of imidazole rings is 1. The maximum Gasteiger partial charge on any atom is 0.203 e. The number of ether oxygens (including phenoxy) is 1. The molecule has 7 heteroatoms. The molecular weight excluding hydrogens is 376 g/mol. The van der Waals surface area contributed by atoms with E-state index in [9.17, 15) is 5.11 Å². The van der Waals surface area contributed by atoms with Gasteiger partial charge in [0.1, 0.15) is 5.75 Å². The van der Waals surface area contributed by atoms with E-state index in [1.165, 1.54) is 0 Å². The van der Waals surface area contributed by atoms with Gasteiger partial charge in [-0.1, -0.05) is 24.3 Å². The number of aryl methyl sites for hydroxylation is 1. The fourth-order valence-corrected chi connectivity index (χ4v) is 3.36. The van der Waals surface area contributed by atoms with Gasteiger partial charge in [-0.15, -0.1) is 12.4 Å². The van der Waals surface area contributed by atoms with Crippen LogP contribution in [0.3, 0.4) is 0 Å². The van der Waals surface area contributed by atoms with E-state index in [1.807, 2.05) is 57.7 Å². The maximum atomic E-state index is 10.7. The first kappa shape index (κ1) is 22.0. The molecule has 0 amide bonds. The van der Waals surface area contributed by atoms with Crippen molar-refractivity contribution in [1.82, 2.24) is 14.0 Å². The van der Waals surface area contributed by atoms with Crippen LogP contribution in [0.15, 0.2) is 48.5 Å². The number of aliphatic hydroxyl groups excluding tert-OH is 1. The second kappa shape index (κ2) is 9.78. The Morgan fingerprint density at radius 1 is 1.04 bits per heavy atom. The molecule has 1 heterocycles. The molecule has 0 aliphatic carbocycles. The zero-order valence-corrected chi connectivity index (χ0v) is 17.4. The Morgan fingerprint density at radius 3 is 2.21 bits per heavy atom. The first-order valence-electron chi connectivity index (χ1n) is 9.20. The summed E-state index contributed by atoms with van der Waals surface area (Å²) in [4.78, 5) is 2.15. The minimum atomic E-state index is -0.689. The fourth-order valence-electron chi connectivity index (χ4n) is 3.36. The number of hydrogen-bond acceptors (Lipinski definition) is 4. The number of nitrogens with one attached hydrogen (secondary N) is 1. The standard InChI is InChI=1S/C21H28N4O2.ClH/c1-23(2)13-6-14-24-18-7-4-5-8-19(18)25(21(24)22)15-20(26)16-9-11-17(27-3)12-10-16;/h4-5,7-12,20,22,26H,6,13-15H2,1-3H3;1H. The van der Waals surface area contributed by atoms with Crippen LogP contribution in [0.25, 0.3) is 11.0 Å². The van der Waals surface area contributed by atoms with Crippen LogP contribution in [-0.4, -0.2) is 46.9 Å². The molecule has 152 valence electrons. The molecule has 0 saturated carbocycles. The van der Waals surface area contributed by atoms with E-state index in [4.69, 9.17) is 10.1 Å². The summed E-state index contributed by atoms with van der Waals surface area (Å²) >= 11 is 0. The number of aromatic nitrogens is 2. The minimum Gasteiger partial charge on any atom is -0.497 e. The van der Waals surface area contributed by atoms with Gasteiger partial charge in [-0.2, -0.15) is 0 Å². The van der Waals surface area contributed by atoms with E-state index >= 15 is 0 Å². The van der Waals surface area contributed by atoms with Gasteiger partial charge in [0.25, 0.3) is 0 Å². The monoisotopic (exact) mass is 404 g/mol. The van der Waals surface area contributed by atoms with E-state index < -0.39 is 6.10 Å². The number of methoxy groups -OCH3 is 1. The first-order chi connectivity index (χ1) is 13.0. The number of rotatable bonds is 8. The molecule has 1 aromatic heterocycles. The lowest BCUT2D eigenvalue weighted by atomic mass is 10.1. The van der Waals surface area contributed by atoms with Gasteiger partial charge >= 0.3 is 0 Å². The molecule has 1 atom stereocenters. The number of nitrogens with zero attached hydrogens (tertiary/aromatic N) is 3. The average Bonchev–Trinajstić information content (AvgIpc) is 2.93. The number of aliphatic hydroxyl groups is 1. The lowest BCUT2D eigenvalue weighted by molar-refractivity contribution is 0.155. The van der Waals surface area contributed by atoms with Crippen molar-refractivity contribution >= 4 is 23.4 Å². The molecule has 0 aliphatic rings. The van der Waals surface area contributed by atoms with E-state index in [-0.39, 0.29) is 12.4 Å². The summed E-state index contributed by atoms with van der Waals surface area (Å²) in [5.41, 5.74) is 3.23. The highest BCUT2D eigenvalue weighted by Crippen LogP contribution is 2.21. The maximum absolute atomic E-state index is 10.7. The first-order valence-corrected chi connectivity index (χ1v) is 9.20. The van der Waals surface area contributed by atoms with Crippen molar-refractivity contribution in [3.63, 3.8) is 0 Å². The molecule has 0 fully saturated rings. The SMILES string of the molecule is COc1ccc(C(O)Cn2c(=N)n(CCCN(C)C)c3ccccc32)cc1.Cl. The van der Waals surface area contributed by atoms with Gasteiger partial charge in [-0.3, -0.25) is 5.41 Å². The highest BCUT2D eigenvalue weighted by molar-refractivity contribution is 5.85. The molecule has 28 heavy (non-hydrogen) atoms. The molecule has 0 saturated heterocycles. The third kappa shape index (κ3) is 4.76. The van der Waals surface area contributed by atoms with Gasteiger partial charge in [0.05, 0.1) is 30.8 Å². The van der Waals surface area contributed by atoms with Crippen LogP contribution in [0, 0.1) is 5.41 Å². The molecule has 0 bridgehead atoms. The van der Waals surface area contributed by atoms with Gasteiger partial charge < -0.3 is 23.9 Å². The second-order valence-electron chi connectivity index (χ2n) is 7.02. The van der Waals surface area contributed by atoms with Crippen molar-refractivity contribution in [3.05, 3.63) is 59.7 Å². The van der Waals surface area contributed by atoms with Crippen LogP contribution in [0.1, 0.15) is 18.1 Å². The zero-order valence-electron chi connectivity index (χ0n) is 16.6. The summed E-state index contributed by atoms with van der Waals surface area (Å²) < 4.78 is 9.09. The van der Waals surface area contributed by atoms with Crippen molar-refractivity contribution in [2.45, 2.75) is 25.6 Å². The molecule has 3 rings (SSSR count). The van der Waals surface area contributed by atoms with Gasteiger partial charge in [-0.05, 0) is 56.9 Å². The van der Waals surface area contributed by atoms with Crippen LogP contribution in [-0.2, 0) is 13.1 Å². The van der Waals surface area contributed by atoms with Crippen LogP contribution < -0.4 is 10.4 Å². The largest absolute Gasteiger partial charge is 0.497 e. The molecule has 3 aromatic rings. The van der Waals surface area contributed by atoms with Gasteiger partial charge in [0.15, 0.2) is 0 Å². The molecule has 1 unspecified atom stereocenters. The Balaban J connectivity index is 0.00000280. The molecule has 0 radical (unpaired) electrons. The molecule has 2 aromatic carbocycles. The van der Waals surface area contributed by atoms with E-state index in [0.717, 1.165) is 41.9 Å². The molecule has 6 nitrogen and oxygen atoms in total. The lowest BCUT2D eigenvalue weighted by Crippen LogP contribution is -2.27. The summed E-state index contributed by atoms with van der Waals surface area (Å²) in [5, 5.41) is 19.4. The average molecular weight is 405 g/mol. The second-order valence-corrected chi connectivity index (χ2v) is 7.02. The normalized spacial score (nSPS) is 12.2. The summed E-state index contributed by atoms with van der Waals surface area (Å²) in [7, 11) is 5.74. The predicted octanol–water partition coefficient (Wildman–Crippen LogP) is 3.04. The van der Waals surface area contributed by atoms with E-state index in [1.54, 1.807) is 7.11 Å². The topological polar surface area (TPSA) is 66.4 Å². The van der Waals surface area contributed by atoms with E-state index in [0.29, 0.717) is 12.2 Å². The molecule has 2 N–H and O–H groups in total. The van der Waals surface area contributed by atoms with Gasteiger partial charge in [0.2, 0.25) is 5.62 Å². The fraction of sp³-hybridized carbons (Fsp3) is 0.381. The molecule has 0 spiro atoms. The van der Waals surface area contributed by atoms with Crippen molar-refractivity contribution in [1.29, 1.82) is 5.41 Å². The van der Waals surface area contributed by atoms with Crippen molar-refractivity contribution < 1.29 is 9.84 Å². The number of halogens is 1. The number of benzene rings is 2. The Kier molecular flexibility index (Phi) is 7.69. The van der Waals surface area contributed by atoms with Crippen LogP contribution in [0.4, 0.5) is 0 Å². The Bertz CT molecular complexity index is 947. The quantitative estimate of drug-likeness (QED) is 0.606. The smallest absolute Gasteiger partial charge is 0.203 e. The lowest BCUT2D eigenvalue weighted by Gasteiger charge is -2.13. The predicted molar refractivity (Wildman–Crippen MR) is 114 cm³/mol. The van der Waals surface area contributed by atoms with E-state index in [2.05, 4.69) is 19.0 Å². The highest BCUT2D eigenvalue weighted by atomic mass is 35.5. The Labute approximate surface area is 171 Å². The third-order valence-electron chi connectivity index (χ3n) is 4.82. The van der Waals surface area contributed by atoms with Crippen LogP contribution in [0.2, 0.25) is 0 Å². The van der Waals surface area contributed by atoms with Crippen molar-refractivity contribution in [2.24, 2.45) is 0 Å². The molecular formula is C21H29ClN4O2. The van der Waals surface area contributed by atoms with Crippen LogP contribution in [0.5, 0.6) is 5.75 Å². The van der Waals surface area contributed by atoms with Crippen LogP contribution >= 0.6 is 12.4 Å². The zero-order chi connectivity index (χ0) is 19.4. The number of fused-ring (bicyclic) bond motifs is 1. The minimum absolute atomic E-state index is 0. The third-order valence-corrected chi connectivity index (χ3v) is 4.82. The Hall–Kier alpha value is -2.28. The van der Waals surface area contributed by atoms with Crippen molar-refractivity contribution in [2.75, 3.05) is 27.7 Å². The van der Waals surface area contributed by atoms with Gasteiger partial charge in [-0.25, -0.2) is 0 Å². The van der Waals surface area contributed by atoms with Gasteiger partial charge in [0, 0.05) is 6.54 Å². The summed E-state index contributed by atoms with van der Waals surface area (Å²) in [6.45, 7) is 2.09. The summed E-state index contributed by atoms with van der Waals surface area (Å²) in [6.07, 6.45) is 0.282.